The molecule has 1 fully saturated rings. The van der Waals surface area contributed by atoms with Gasteiger partial charge in [-0.1, -0.05) is 23.2 Å². The number of rotatable bonds is 4. The first-order chi connectivity index (χ1) is 13.1. The molecule has 0 spiro atoms. The molecule has 1 aliphatic heterocycles. The van der Waals surface area contributed by atoms with Gasteiger partial charge in [0.2, 0.25) is 0 Å². The summed E-state index contributed by atoms with van der Waals surface area (Å²) in [6.45, 7) is 3.98. The predicted molar refractivity (Wildman–Crippen MR) is 109 cm³/mol. The highest BCUT2D eigenvalue weighted by atomic mass is 35.5. The number of hydrogen-bond acceptors (Lipinski definition) is 3. The van der Waals surface area contributed by atoms with Crippen molar-refractivity contribution >= 4 is 46.3 Å². The second-order valence-corrected chi connectivity index (χ2v) is 8.38. The number of alkyl halides is 3. The Morgan fingerprint density at radius 3 is 2.21 bits per heavy atom. The molecular formula is C19H18Cl2F4N2S. The van der Waals surface area contributed by atoms with E-state index in [0.717, 1.165) is 5.69 Å². The molecule has 0 unspecified atom stereocenters. The number of benzene rings is 2. The Balaban J connectivity index is 1.71. The van der Waals surface area contributed by atoms with Gasteiger partial charge in [-0.3, -0.25) is 0 Å². The molecule has 0 bridgehead atoms. The van der Waals surface area contributed by atoms with Crippen LogP contribution in [-0.2, 0) is 0 Å². The van der Waals surface area contributed by atoms with Gasteiger partial charge in [-0.15, -0.1) is 11.8 Å². The summed E-state index contributed by atoms with van der Waals surface area (Å²) in [5, 5.41) is 0.951. The normalized spacial score (nSPS) is 15.2. The maximum absolute atomic E-state index is 14.5. The number of aryl methyl sites for hydroxylation is 1. The lowest BCUT2D eigenvalue weighted by molar-refractivity contribution is -0.105. The number of piperazine rings is 1. The minimum absolute atomic E-state index is 0.337. The summed E-state index contributed by atoms with van der Waals surface area (Å²) in [5.74, 6) is -1.42. The Morgan fingerprint density at radius 2 is 1.61 bits per heavy atom. The molecule has 1 aliphatic rings. The van der Waals surface area contributed by atoms with Crippen molar-refractivity contribution < 1.29 is 17.6 Å². The third-order valence-electron chi connectivity index (χ3n) is 4.52. The lowest BCUT2D eigenvalue weighted by atomic mass is 10.1. The van der Waals surface area contributed by atoms with Crippen LogP contribution in [0.5, 0.6) is 0 Å². The highest BCUT2D eigenvalue weighted by Gasteiger charge is 2.28. The van der Waals surface area contributed by atoms with Gasteiger partial charge in [0.05, 0.1) is 21.5 Å². The lowest BCUT2D eigenvalue weighted by Crippen LogP contribution is -2.46. The highest BCUT2D eigenvalue weighted by Crippen LogP contribution is 2.34. The van der Waals surface area contributed by atoms with E-state index in [4.69, 9.17) is 23.2 Å². The second kappa shape index (κ2) is 8.59. The Labute approximate surface area is 175 Å². The molecule has 1 saturated heterocycles. The van der Waals surface area contributed by atoms with Crippen LogP contribution in [0.1, 0.15) is 5.56 Å². The van der Waals surface area contributed by atoms with Gasteiger partial charge in [-0.2, -0.15) is 13.2 Å². The van der Waals surface area contributed by atoms with Gasteiger partial charge < -0.3 is 9.80 Å². The summed E-state index contributed by atoms with van der Waals surface area (Å²) in [4.78, 5) is 4.42. The van der Waals surface area contributed by atoms with Crippen molar-refractivity contribution in [3.05, 3.63) is 51.8 Å². The van der Waals surface area contributed by atoms with Gasteiger partial charge in [0.25, 0.3) is 0 Å². The molecule has 0 radical (unpaired) electrons. The fourth-order valence-corrected chi connectivity index (χ4v) is 4.18. The fraction of sp³-hybridized carbons (Fsp3) is 0.368. The summed E-state index contributed by atoms with van der Waals surface area (Å²) in [5.41, 5.74) is 1.77. The predicted octanol–water partition coefficient (Wildman–Crippen LogP) is 6.42. The third-order valence-corrected chi connectivity index (χ3v) is 6.49. The zero-order chi connectivity index (χ0) is 20.5. The molecule has 1 heterocycles. The Morgan fingerprint density at radius 1 is 0.964 bits per heavy atom. The van der Waals surface area contributed by atoms with E-state index in [0.29, 0.717) is 64.1 Å². The van der Waals surface area contributed by atoms with Crippen LogP contribution in [0.25, 0.3) is 0 Å². The van der Waals surface area contributed by atoms with E-state index in [2.05, 4.69) is 4.90 Å². The van der Waals surface area contributed by atoms with Crippen LogP contribution >= 0.6 is 35.0 Å². The molecule has 0 saturated carbocycles. The van der Waals surface area contributed by atoms with Crippen molar-refractivity contribution in [1.29, 1.82) is 0 Å². The summed E-state index contributed by atoms with van der Waals surface area (Å²) in [7, 11) is 0. The van der Waals surface area contributed by atoms with Crippen LogP contribution in [0.15, 0.2) is 35.2 Å². The first-order valence-electron chi connectivity index (χ1n) is 8.59. The van der Waals surface area contributed by atoms with E-state index in [1.54, 1.807) is 19.1 Å². The average molecular weight is 453 g/mol. The van der Waals surface area contributed by atoms with Gasteiger partial charge in [0.1, 0.15) is 5.82 Å². The quantitative estimate of drug-likeness (QED) is 0.390. The minimum Gasteiger partial charge on any atom is -0.368 e. The molecule has 0 atom stereocenters. The molecule has 9 heteroatoms. The molecule has 0 aliphatic carbocycles. The van der Waals surface area contributed by atoms with Crippen LogP contribution < -0.4 is 9.80 Å². The largest absolute Gasteiger partial charge is 0.398 e. The highest BCUT2D eigenvalue weighted by molar-refractivity contribution is 7.99. The minimum atomic E-state index is -4.27. The molecule has 0 aromatic heterocycles. The number of nitrogens with zero attached hydrogens (tertiary/aromatic N) is 2. The summed E-state index contributed by atoms with van der Waals surface area (Å²) >= 11 is 12.7. The van der Waals surface area contributed by atoms with E-state index >= 15 is 0 Å². The van der Waals surface area contributed by atoms with Gasteiger partial charge in [-0.05, 0) is 42.8 Å². The average Bonchev–Trinajstić information content (AvgIpc) is 2.63. The number of halogens is 6. The summed E-state index contributed by atoms with van der Waals surface area (Å²) < 4.78 is 52.1. The van der Waals surface area contributed by atoms with Crippen molar-refractivity contribution in [3.63, 3.8) is 0 Å². The zero-order valence-corrected chi connectivity index (χ0v) is 17.3. The van der Waals surface area contributed by atoms with E-state index in [1.807, 2.05) is 11.0 Å². The van der Waals surface area contributed by atoms with Gasteiger partial charge in [-0.25, -0.2) is 4.39 Å². The van der Waals surface area contributed by atoms with Crippen molar-refractivity contribution in [3.8, 4) is 0 Å². The lowest BCUT2D eigenvalue weighted by Gasteiger charge is -2.37. The van der Waals surface area contributed by atoms with Crippen LogP contribution in [0.2, 0.25) is 10.0 Å². The van der Waals surface area contributed by atoms with Crippen molar-refractivity contribution in [2.45, 2.75) is 18.0 Å². The van der Waals surface area contributed by atoms with E-state index in [1.165, 1.54) is 12.1 Å². The Kier molecular flexibility index (Phi) is 6.57. The maximum Gasteiger partial charge on any atom is 0.398 e. The van der Waals surface area contributed by atoms with Crippen LogP contribution in [-0.4, -0.2) is 38.1 Å². The summed E-state index contributed by atoms with van der Waals surface area (Å²) in [6, 6.07) is 8.23. The van der Waals surface area contributed by atoms with Crippen LogP contribution in [0.4, 0.5) is 28.9 Å². The topological polar surface area (TPSA) is 6.48 Å². The van der Waals surface area contributed by atoms with Crippen molar-refractivity contribution in [2.75, 3.05) is 41.7 Å². The second-order valence-electron chi connectivity index (χ2n) is 6.55. The molecule has 0 amide bonds. The standard InChI is InChI=1S/C19H18Cl2F4N2S/c1-12-8-16(22)17(10-18(12)28-11-19(23,24)25)27-6-4-26(5-7-27)13-2-3-14(20)15(21)9-13/h2-3,8-10H,4-7,11H2,1H3. The number of anilines is 2. The van der Waals surface area contributed by atoms with Crippen molar-refractivity contribution in [1.82, 2.24) is 0 Å². The van der Waals surface area contributed by atoms with Crippen LogP contribution in [0.3, 0.4) is 0 Å². The number of hydrogen-bond donors (Lipinski definition) is 0. The molecular weight excluding hydrogens is 435 g/mol. The fourth-order valence-electron chi connectivity index (χ4n) is 3.09. The van der Waals surface area contributed by atoms with Gasteiger partial charge in [0, 0.05) is 36.8 Å². The maximum atomic E-state index is 14.5. The summed E-state index contributed by atoms with van der Waals surface area (Å²) in [6.07, 6.45) is -4.27. The molecule has 28 heavy (non-hydrogen) atoms. The molecule has 152 valence electrons. The molecule has 3 rings (SSSR count). The molecule has 2 aromatic carbocycles. The molecule has 2 nitrogen and oxygen atoms in total. The zero-order valence-electron chi connectivity index (χ0n) is 15.0. The Hall–Kier alpha value is -1.31. The SMILES string of the molecule is Cc1cc(F)c(N2CCN(c3ccc(Cl)c(Cl)c3)CC2)cc1SCC(F)(F)F. The molecule has 2 aromatic rings. The smallest absolute Gasteiger partial charge is 0.368 e. The van der Waals surface area contributed by atoms with E-state index in [9.17, 15) is 17.6 Å². The first kappa shape index (κ1) is 21.4. The van der Waals surface area contributed by atoms with Gasteiger partial charge in [0.15, 0.2) is 0 Å². The third kappa shape index (κ3) is 5.19. The number of thioether (sulfide) groups is 1. The van der Waals surface area contributed by atoms with Crippen molar-refractivity contribution in [2.24, 2.45) is 0 Å². The van der Waals surface area contributed by atoms with E-state index < -0.39 is 17.7 Å². The first-order valence-corrected chi connectivity index (χ1v) is 10.3. The van der Waals surface area contributed by atoms with E-state index in [-0.39, 0.29) is 0 Å². The molecule has 0 N–H and O–H groups in total. The monoisotopic (exact) mass is 452 g/mol. The van der Waals surface area contributed by atoms with Crippen LogP contribution in [0, 0.1) is 12.7 Å². The Bertz CT molecular complexity index is 853. The van der Waals surface area contributed by atoms with Gasteiger partial charge >= 0.3 is 6.18 Å².